The summed E-state index contributed by atoms with van der Waals surface area (Å²) in [4.78, 5) is 0. The normalized spacial score (nSPS) is 29.2. The van der Waals surface area contributed by atoms with E-state index < -0.39 is 0 Å². The van der Waals surface area contributed by atoms with E-state index in [0.717, 1.165) is 11.5 Å². The van der Waals surface area contributed by atoms with Crippen LogP contribution in [0.2, 0.25) is 10.0 Å². The Kier molecular flexibility index (Phi) is 5.16. The fourth-order valence-corrected chi connectivity index (χ4v) is 3.55. The molecule has 1 N–H and O–H groups in total. The highest BCUT2D eigenvalue weighted by Gasteiger charge is 2.28. The number of rotatable bonds is 3. The maximum Gasteiger partial charge on any atom is 0.0639 e. The zero-order chi connectivity index (χ0) is 14.0. The van der Waals surface area contributed by atoms with Crippen LogP contribution < -0.4 is 5.32 Å². The number of benzene rings is 1. The molecule has 4 atom stereocenters. The van der Waals surface area contributed by atoms with Crippen molar-refractivity contribution in [3.8, 4) is 0 Å². The van der Waals surface area contributed by atoms with Gasteiger partial charge in [0.15, 0.2) is 0 Å². The Balaban J connectivity index is 2.08. The van der Waals surface area contributed by atoms with E-state index in [1.165, 1.54) is 19.3 Å². The molecular weight excluding hydrogens is 277 g/mol. The standard InChI is InChI=1S/C16H23Cl2N/c1-10-6-4-9-15(11(10)2)19-12(3)13-7-5-8-14(17)16(13)18/h5,7-8,10-12,15,19H,4,6,9H2,1-3H3. The molecule has 0 heterocycles. The molecule has 0 amide bonds. The molecule has 4 unspecified atom stereocenters. The Morgan fingerprint density at radius 2 is 1.95 bits per heavy atom. The lowest BCUT2D eigenvalue weighted by atomic mass is 9.77. The van der Waals surface area contributed by atoms with Gasteiger partial charge in [-0.2, -0.15) is 0 Å². The summed E-state index contributed by atoms with van der Waals surface area (Å²) in [6.45, 7) is 6.88. The topological polar surface area (TPSA) is 12.0 Å². The third-order valence-electron chi connectivity index (χ3n) is 4.62. The maximum absolute atomic E-state index is 6.30. The summed E-state index contributed by atoms with van der Waals surface area (Å²) in [5, 5.41) is 5.06. The molecule has 2 rings (SSSR count). The number of nitrogens with one attached hydrogen (secondary N) is 1. The molecule has 106 valence electrons. The number of hydrogen-bond donors (Lipinski definition) is 1. The summed E-state index contributed by atoms with van der Waals surface area (Å²) < 4.78 is 0. The first-order chi connectivity index (χ1) is 9.00. The molecule has 3 heteroatoms. The van der Waals surface area contributed by atoms with Crippen molar-refractivity contribution in [1.82, 2.24) is 5.32 Å². The second-order valence-electron chi connectivity index (χ2n) is 5.91. The molecule has 1 nitrogen and oxygen atoms in total. The van der Waals surface area contributed by atoms with Crippen molar-refractivity contribution in [2.75, 3.05) is 0 Å². The highest BCUT2D eigenvalue weighted by Crippen LogP contribution is 2.33. The summed E-state index contributed by atoms with van der Waals surface area (Å²) >= 11 is 12.4. The molecule has 0 aliphatic heterocycles. The highest BCUT2D eigenvalue weighted by atomic mass is 35.5. The van der Waals surface area contributed by atoms with Crippen molar-refractivity contribution in [2.24, 2.45) is 11.8 Å². The Hall–Kier alpha value is -0.240. The second kappa shape index (κ2) is 6.47. The van der Waals surface area contributed by atoms with Crippen LogP contribution >= 0.6 is 23.2 Å². The summed E-state index contributed by atoms with van der Waals surface area (Å²) in [5.74, 6) is 1.52. The molecule has 1 saturated carbocycles. The van der Waals surface area contributed by atoms with Crippen LogP contribution in [0, 0.1) is 11.8 Å². The lowest BCUT2D eigenvalue weighted by Crippen LogP contribution is -2.41. The first-order valence-electron chi connectivity index (χ1n) is 7.20. The van der Waals surface area contributed by atoms with Crippen LogP contribution in [0.4, 0.5) is 0 Å². The van der Waals surface area contributed by atoms with Gasteiger partial charge in [0, 0.05) is 12.1 Å². The molecule has 0 saturated heterocycles. The van der Waals surface area contributed by atoms with E-state index in [0.29, 0.717) is 22.0 Å². The van der Waals surface area contributed by atoms with Crippen LogP contribution in [0.1, 0.15) is 51.6 Å². The van der Waals surface area contributed by atoms with E-state index in [9.17, 15) is 0 Å². The molecule has 0 bridgehead atoms. The van der Waals surface area contributed by atoms with Crippen LogP contribution in [0.15, 0.2) is 18.2 Å². The predicted molar refractivity (Wildman–Crippen MR) is 84.0 cm³/mol. The van der Waals surface area contributed by atoms with Gasteiger partial charge in [0.2, 0.25) is 0 Å². The first-order valence-corrected chi connectivity index (χ1v) is 7.96. The van der Waals surface area contributed by atoms with Crippen LogP contribution in [-0.4, -0.2) is 6.04 Å². The third-order valence-corrected chi connectivity index (χ3v) is 5.45. The van der Waals surface area contributed by atoms with Gasteiger partial charge in [-0.15, -0.1) is 0 Å². The largest absolute Gasteiger partial charge is 0.307 e. The summed E-state index contributed by atoms with van der Waals surface area (Å²) in [6.07, 6.45) is 3.93. The Bertz CT molecular complexity index is 433. The molecule has 1 aliphatic carbocycles. The molecule has 1 aromatic carbocycles. The van der Waals surface area contributed by atoms with Crippen molar-refractivity contribution in [3.05, 3.63) is 33.8 Å². The fourth-order valence-electron chi connectivity index (χ4n) is 3.08. The minimum Gasteiger partial charge on any atom is -0.307 e. The van der Waals surface area contributed by atoms with Gasteiger partial charge in [-0.25, -0.2) is 0 Å². The zero-order valence-electron chi connectivity index (χ0n) is 11.9. The second-order valence-corrected chi connectivity index (χ2v) is 6.69. The molecule has 19 heavy (non-hydrogen) atoms. The molecular formula is C16H23Cl2N. The Morgan fingerprint density at radius 3 is 2.68 bits per heavy atom. The number of halogens is 2. The molecule has 0 radical (unpaired) electrons. The number of hydrogen-bond acceptors (Lipinski definition) is 1. The van der Waals surface area contributed by atoms with Gasteiger partial charge >= 0.3 is 0 Å². The third kappa shape index (κ3) is 3.45. The molecule has 1 aliphatic rings. The minimum absolute atomic E-state index is 0.240. The van der Waals surface area contributed by atoms with Gasteiger partial charge in [0.25, 0.3) is 0 Å². The van der Waals surface area contributed by atoms with Crippen molar-refractivity contribution >= 4 is 23.2 Å². The van der Waals surface area contributed by atoms with Crippen molar-refractivity contribution in [2.45, 2.75) is 52.1 Å². The van der Waals surface area contributed by atoms with Crippen LogP contribution in [0.25, 0.3) is 0 Å². The molecule has 0 spiro atoms. The molecule has 1 fully saturated rings. The SMILES string of the molecule is CC(NC1CCCC(C)C1C)c1cccc(Cl)c1Cl. The van der Waals surface area contributed by atoms with Gasteiger partial charge in [-0.3, -0.25) is 0 Å². The van der Waals surface area contributed by atoms with Crippen molar-refractivity contribution < 1.29 is 0 Å². The monoisotopic (exact) mass is 299 g/mol. The van der Waals surface area contributed by atoms with Crippen LogP contribution in [0.3, 0.4) is 0 Å². The quantitative estimate of drug-likeness (QED) is 0.780. The minimum atomic E-state index is 0.240. The summed E-state index contributed by atoms with van der Waals surface area (Å²) in [7, 11) is 0. The average molecular weight is 300 g/mol. The fraction of sp³-hybridized carbons (Fsp3) is 0.625. The van der Waals surface area contributed by atoms with Gasteiger partial charge in [0.05, 0.1) is 10.0 Å². The first kappa shape index (κ1) is 15.2. The van der Waals surface area contributed by atoms with Gasteiger partial charge in [-0.05, 0) is 36.8 Å². The zero-order valence-corrected chi connectivity index (χ0v) is 13.4. The van der Waals surface area contributed by atoms with Crippen molar-refractivity contribution in [1.29, 1.82) is 0 Å². The van der Waals surface area contributed by atoms with Gasteiger partial charge < -0.3 is 5.32 Å². The maximum atomic E-state index is 6.30. The van der Waals surface area contributed by atoms with E-state index in [4.69, 9.17) is 23.2 Å². The van der Waals surface area contributed by atoms with Gasteiger partial charge in [-0.1, -0.05) is 62.0 Å². The van der Waals surface area contributed by atoms with Crippen LogP contribution in [0.5, 0.6) is 0 Å². The van der Waals surface area contributed by atoms with E-state index >= 15 is 0 Å². The average Bonchev–Trinajstić information content (AvgIpc) is 2.38. The summed E-state index contributed by atoms with van der Waals surface area (Å²) in [5.41, 5.74) is 1.10. The summed E-state index contributed by atoms with van der Waals surface area (Å²) in [6, 6.07) is 6.68. The van der Waals surface area contributed by atoms with E-state index in [1.54, 1.807) is 0 Å². The lowest BCUT2D eigenvalue weighted by Gasteiger charge is -2.36. The lowest BCUT2D eigenvalue weighted by molar-refractivity contribution is 0.196. The molecule has 0 aromatic heterocycles. The Morgan fingerprint density at radius 1 is 1.21 bits per heavy atom. The van der Waals surface area contributed by atoms with E-state index in [-0.39, 0.29) is 6.04 Å². The van der Waals surface area contributed by atoms with Crippen molar-refractivity contribution in [3.63, 3.8) is 0 Å². The van der Waals surface area contributed by atoms with Gasteiger partial charge in [0.1, 0.15) is 0 Å². The predicted octanol–water partition coefficient (Wildman–Crippen LogP) is 5.47. The van der Waals surface area contributed by atoms with Crippen LogP contribution in [-0.2, 0) is 0 Å². The smallest absolute Gasteiger partial charge is 0.0639 e. The van der Waals surface area contributed by atoms with E-state index in [2.05, 4.69) is 32.2 Å². The Labute approximate surface area is 126 Å². The highest BCUT2D eigenvalue weighted by molar-refractivity contribution is 6.42. The van der Waals surface area contributed by atoms with E-state index in [1.807, 2.05) is 12.1 Å². The molecule has 1 aromatic rings.